The van der Waals surface area contributed by atoms with E-state index in [1.54, 1.807) is 0 Å². The lowest BCUT2D eigenvalue weighted by atomic mass is 9.98. The van der Waals surface area contributed by atoms with E-state index in [4.69, 9.17) is 18.9 Å². The smallest absolute Gasteiger partial charge is 0.307 e. The molecular formula is C14H22O4. The summed E-state index contributed by atoms with van der Waals surface area (Å²) in [6, 6.07) is 0. The molecule has 4 heteroatoms. The summed E-state index contributed by atoms with van der Waals surface area (Å²) in [5.74, 6) is 5.70. The van der Waals surface area contributed by atoms with Crippen molar-refractivity contribution < 1.29 is 18.9 Å². The average molecular weight is 254 g/mol. The van der Waals surface area contributed by atoms with Crippen molar-refractivity contribution in [2.24, 2.45) is 11.3 Å². The lowest BCUT2D eigenvalue weighted by molar-refractivity contribution is -0.457. The van der Waals surface area contributed by atoms with Crippen molar-refractivity contribution in [2.75, 3.05) is 33.0 Å². The van der Waals surface area contributed by atoms with Crippen LogP contribution in [0.3, 0.4) is 0 Å². The third-order valence-corrected chi connectivity index (χ3v) is 2.73. The predicted molar refractivity (Wildman–Crippen MR) is 66.7 cm³/mol. The zero-order valence-corrected chi connectivity index (χ0v) is 11.5. The molecule has 3 heterocycles. The fraction of sp³-hybridized carbons (Fsp3) is 0.857. The summed E-state index contributed by atoms with van der Waals surface area (Å²) in [6.07, 6.45) is 0.718. The molecule has 3 saturated heterocycles. The molecule has 102 valence electrons. The molecule has 0 spiro atoms. The summed E-state index contributed by atoms with van der Waals surface area (Å²) in [4.78, 5) is 0. The van der Waals surface area contributed by atoms with Gasteiger partial charge in [0.15, 0.2) is 0 Å². The van der Waals surface area contributed by atoms with Crippen LogP contribution in [0.1, 0.15) is 27.2 Å². The van der Waals surface area contributed by atoms with Crippen molar-refractivity contribution in [3.05, 3.63) is 0 Å². The molecule has 3 fully saturated rings. The van der Waals surface area contributed by atoms with Gasteiger partial charge in [0.1, 0.15) is 6.61 Å². The molecule has 18 heavy (non-hydrogen) atoms. The summed E-state index contributed by atoms with van der Waals surface area (Å²) >= 11 is 0. The molecule has 0 aliphatic carbocycles. The first-order chi connectivity index (χ1) is 8.49. The minimum Gasteiger partial charge on any atom is -0.372 e. The SMILES string of the molecule is CC(C)(C)C#CCCOCC12OCC(CO1)CO2. The van der Waals surface area contributed by atoms with Gasteiger partial charge in [0.2, 0.25) is 0 Å². The standard InChI is InChI=1S/C14H22O4/c1-13(2,3)6-4-5-7-15-11-14-16-8-12(9-17-14)10-18-14/h12H,5,7-11H2,1-3H3. The molecule has 0 N–H and O–H groups in total. The van der Waals surface area contributed by atoms with Crippen LogP contribution in [0, 0.1) is 23.2 Å². The number of rotatable bonds is 4. The fourth-order valence-electron chi connectivity index (χ4n) is 1.78. The van der Waals surface area contributed by atoms with E-state index in [0.717, 1.165) is 6.42 Å². The Morgan fingerprint density at radius 3 is 2.33 bits per heavy atom. The quantitative estimate of drug-likeness (QED) is 0.566. The first-order valence-corrected chi connectivity index (χ1v) is 6.49. The van der Waals surface area contributed by atoms with Gasteiger partial charge in [-0.05, 0) is 20.8 Å². The molecule has 3 aliphatic heterocycles. The van der Waals surface area contributed by atoms with Gasteiger partial charge in [0.25, 0.3) is 0 Å². The van der Waals surface area contributed by atoms with Crippen LogP contribution in [0.15, 0.2) is 0 Å². The van der Waals surface area contributed by atoms with Crippen LogP contribution >= 0.6 is 0 Å². The van der Waals surface area contributed by atoms with Crippen molar-refractivity contribution in [1.82, 2.24) is 0 Å². The Balaban J connectivity index is 1.64. The Bertz CT molecular complexity index is 312. The first kappa shape index (κ1) is 13.8. The summed E-state index contributed by atoms with van der Waals surface area (Å²) in [6.45, 7) is 9.27. The van der Waals surface area contributed by atoms with E-state index in [0.29, 0.717) is 39.0 Å². The van der Waals surface area contributed by atoms with Gasteiger partial charge in [-0.15, -0.1) is 5.92 Å². The molecule has 0 unspecified atom stereocenters. The van der Waals surface area contributed by atoms with E-state index in [9.17, 15) is 0 Å². The van der Waals surface area contributed by atoms with Gasteiger partial charge in [-0.25, -0.2) is 0 Å². The molecule has 0 aromatic heterocycles. The minimum absolute atomic E-state index is 0.0514. The van der Waals surface area contributed by atoms with E-state index < -0.39 is 5.97 Å². The highest BCUT2D eigenvalue weighted by Gasteiger charge is 2.44. The highest BCUT2D eigenvalue weighted by Crippen LogP contribution is 2.30. The predicted octanol–water partition coefficient (Wildman–Crippen LogP) is 1.79. The summed E-state index contributed by atoms with van der Waals surface area (Å²) < 4.78 is 22.1. The van der Waals surface area contributed by atoms with Crippen molar-refractivity contribution in [3.63, 3.8) is 0 Å². The molecule has 0 amide bonds. The maximum absolute atomic E-state index is 5.53. The van der Waals surface area contributed by atoms with Crippen molar-refractivity contribution >= 4 is 0 Å². The highest BCUT2D eigenvalue weighted by molar-refractivity contribution is 5.06. The Kier molecular flexibility index (Phi) is 4.29. The molecule has 0 radical (unpaired) electrons. The van der Waals surface area contributed by atoms with Crippen molar-refractivity contribution in [2.45, 2.75) is 33.2 Å². The van der Waals surface area contributed by atoms with Crippen LogP contribution in [-0.2, 0) is 18.9 Å². The number of hydrogen-bond donors (Lipinski definition) is 0. The second-order valence-electron chi connectivity index (χ2n) is 5.84. The van der Waals surface area contributed by atoms with Gasteiger partial charge >= 0.3 is 5.97 Å². The number of ether oxygens (including phenoxy) is 4. The van der Waals surface area contributed by atoms with Gasteiger partial charge in [0.05, 0.1) is 26.4 Å². The zero-order valence-electron chi connectivity index (χ0n) is 11.5. The van der Waals surface area contributed by atoms with Gasteiger partial charge in [-0.3, -0.25) is 0 Å². The molecule has 2 bridgehead atoms. The van der Waals surface area contributed by atoms with E-state index in [1.807, 2.05) is 0 Å². The molecule has 0 aromatic rings. The maximum Gasteiger partial charge on any atom is 0.307 e. The monoisotopic (exact) mass is 254 g/mol. The molecule has 3 rings (SSSR count). The Hall–Kier alpha value is -0.600. The van der Waals surface area contributed by atoms with Crippen molar-refractivity contribution in [1.29, 1.82) is 0 Å². The van der Waals surface area contributed by atoms with E-state index in [-0.39, 0.29) is 5.41 Å². The summed E-state index contributed by atoms with van der Waals surface area (Å²) in [5.41, 5.74) is 0.0514. The van der Waals surface area contributed by atoms with Crippen LogP contribution < -0.4 is 0 Å². The molecule has 0 saturated carbocycles. The second kappa shape index (κ2) is 5.58. The molecule has 4 nitrogen and oxygen atoms in total. The Morgan fingerprint density at radius 1 is 1.17 bits per heavy atom. The third-order valence-electron chi connectivity index (χ3n) is 2.73. The first-order valence-electron chi connectivity index (χ1n) is 6.49. The van der Waals surface area contributed by atoms with Crippen LogP contribution in [0.25, 0.3) is 0 Å². The van der Waals surface area contributed by atoms with E-state index in [1.165, 1.54) is 0 Å². The molecule has 0 aromatic carbocycles. The van der Waals surface area contributed by atoms with E-state index >= 15 is 0 Å². The van der Waals surface area contributed by atoms with Gasteiger partial charge in [-0.2, -0.15) is 0 Å². The highest BCUT2D eigenvalue weighted by atomic mass is 16.9. The Morgan fingerprint density at radius 2 is 1.78 bits per heavy atom. The second-order valence-corrected chi connectivity index (χ2v) is 5.84. The summed E-state index contributed by atoms with van der Waals surface area (Å²) in [7, 11) is 0. The van der Waals surface area contributed by atoms with Crippen LogP contribution in [0.4, 0.5) is 0 Å². The fourth-order valence-corrected chi connectivity index (χ4v) is 1.78. The normalized spacial score (nSPS) is 30.9. The summed E-state index contributed by atoms with van der Waals surface area (Å²) in [5, 5.41) is 0. The van der Waals surface area contributed by atoms with E-state index in [2.05, 4.69) is 32.6 Å². The van der Waals surface area contributed by atoms with Gasteiger partial charge in [-0.1, -0.05) is 5.92 Å². The van der Waals surface area contributed by atoms with Gasteiger partial charge in [0, 0.05) is 17.8 Å². The minimum atomic E-state index is -0.952. The topological polar surface area (TPSA) is 36.9 Å². The number of hydrogen-bond acceptors (Lipinski definition) is 4. The Labute approximate surface area is 109 Å². The van der Waals surface area contributed by atoms with Crippen LogP contribution in [0.5, 0.6) is 0 Å². The zero-order chi connectivity index (χ0) is 13.1. The largest absolute Gasteiger partial charge is 0.372 e. The van der Waals surface area contributed by atoms with Crippen LogP contribution in [0.2, 0.25) is 0 Å². The molecular weight excluding hydrogens is 232 g/mol. The number of fused-ring (bicyclic) bond motifs is 3. The maximum atomic E-state index is 5.53. The lowest BCUT2D eigenvalue weighted by Gasteiger charge is -2.44. The molecule has 0 atom stereocenters. The average Bonchev–Trinajstić information content (AvgIpc) is 2.35. The van der Waals surface area contributed by atoms with Crippen molar-refractivity contribution in [3.8, 4) is 11.8 Å². The lowest BCUT2D eigenvalue weighted by Crippen LogP contribution is -2.56. The third kappa shape index (κ3) is 3.96. The molecule has 3 aliphatic rings. The van der Waals surface area contributed by atoms with Crippen LogP contribution in [-0.4, -0.2) is 39.0 Å². The van der Waals surface area contributed by atoms with Gasteiger partial charge < -0.3 is 18.9 Å².